The van der Waals surface area contributed by atoms with Crippen LogP contribution in [0.4, 0.5) is 5.69 Å². The standard InChI is InChI=1S/C27H32ClN7/c28-22-2-3-25-26(6-12-32-27(25)16-22)31-9-1-13-34-14-7-24(8-15-34)35(19-23-17-30-20-33-23)18-21-4-10-29-11-5-21/h2-6,10-12,16-17,20,24H,1,7-9,13-15,18-19H2,(H,30,33)(H,31,32). The fourth-order valence-corrected chi connectivity index (χ4v) is 5.10. The van der Waals surface area contributed by atoms with Crippen LogP contribution in [0.5, 0.6) is 0 Å². The zero-order chi connectivity index (χ0) is 23.9. The number of nitrogens with zero attached hydrogens (tertiary/aromatic N) is 5. The molecule has 0 atom stereocenters. The molecule has 182 valence electrons. The van der Waals surface area contributed by atoms with Crippen LogP contribution >= 0.6 is 11.6 Å². The smallest absolute Gasteiger partial charge is 0.0922 e. The van der Waals surface area contributed by atoms with Crippen LogP contribution in [0.1, 0.15) is 30.5 Å². The number of hydrogen-bond acceptors (Lipinski definition) is 6. The second-order valence-corrected chi connectivity index (χ2v) is 9.65. The molecule has 0 radical (unpaired) electrons. The molecule has 1 fully saturated rings. The number of benzene rings is 1. The van der Waals surface area contributed by atoms with Gasteiger partial charge in [-0.3, -0.25) is 14.9 Å². The number of imidazole rings is 1. The fourth-order valence-electron chi connectivity index (χ4n) is 4.94. The van der Waals surface area contributed by atoms with Crippen molar-refractivity contribution < 1.29 is 0 Å². The van der Waals surface area contributed by atoms with Gasteiger partial charge < -0.3 is 15.2 Å². The molecule has 1 aliphatic rings. The molecule has 0 spiro atoms. The van der Waals surface area contributed by atoms with Gasteiger partial charge in [-0.1, -0.05) is 11.6 Å². The molecule has 4 heterocycles. The predicted octanol–water partition coefficient (Wildman–Crippen LogP) is 4.98. The van der Waals surface area contributed by atoms with E-state index >= 15 is 0 Å². The van der Waals surface area contributed by atoms with Gasteiger partial charge in [-0.2, -0.15) is 0 Å². The fraction of sp³-hybridized carbons (Fsp3) is 0.370. The molecule has 1 aromatic carbocycles. The molecule has 8 heteroatoms. The number of halogens is 1. The average Bonchev–Trinajstić information content (AvgIpc) is 3.40. The van der Waals surface area contributed by atoms with Gasteiger partial charge in [0.05, 0.1) is 11.8 Å². The summed E-state index contributed by atoms with van der Waals surface area (Å²) in [4.78, 5) is 21.3. The number of fused-ring (bicyclic) bond motifs is 1. The van der Waals surface area contributed by atoms with Crippen molar-refractivity contribution in [3.63, 3.8) is 0 Å². The largest absolute Gasteiger partial charge is 0.384 e. The van der Waals surface area contributed by atoms with Crippen LogP contribution in [-0.2, 0) is 13.1 Å². The summed E-state index contributed by atoms with van der Waals surface area (Å²) >= 11 is 6.11. The quantitative estimate of drug-likeness (QED) is 0.306. The lowest BCUT2D eigenvalue weighted by atomic mass is 10.0. The first kappa shape index (κ1) is 23.7. The monoisotopic (exact) mass is 489 g/mol. The Bertz CT molecular complexity index is 1190. The number of aromatic amines is 1. The molecule has 2 N–H and O–H groups in total. The molecule has 4 aromatic rings. The van der Waals surface area contributed by atoms with Crippen LogP contribution in [0.3, 0.4) is 0 Å². The maximum absolute atomic E-state index is 6.11. The Labute approximate surface area is 211 Å². The number of H-pyrrole nitrogens is 1. The van der Waals surface area contributed by atoms with Gasteiger partial charge in [-0.25, -0.2) is 4.98 Å². The van der Waals surface area contributed by atoms with Gasteiger partial charge in [-0.15, -0.1) is 0 Å². The van der Waals surface area contributed by atoms with Crippen LogP contribution in [-0.4, -0.2) is 62.0 Å². The zero-order valence-electron chi connectivity index (χ0n) is 19.9. The molecule has 0 unspecified atom stereocenters. The summed E-state index contributed by atoms with van der Waals surface area (Å²) in [7, 11) is 0. The Morgan fingerprint density at radius 2 is 1.89 bits per heavy atom. The first-order valence-electron chi connectivity index (χ1n) is 12.4. The summed E-state index contributed by atoms with van der Waals surface area (Å²) in [6.45, 7) is 6.15. The van der Waals surface area contributed by atoms with Crippen molar-refractivity contribution in [2.24, 2.45) is 0 Å². The summed E-state index contributed by atoms with van der Waals surface area (Å²) in [6, 6.07) is 12.7. The van der Waals surface area contributed by atoms with Crippen molar-refractivity contribution in [2.75, 3.05) is 31.5 Å². The first-order valence-corrected chi connectivity index (χ1v) is 12.7. The van der Waals surface area contributed by atoms with E-state index in [-0.39, 0.29) is 0 Å². The van der Waals surface area contributed by atoms with E-state index in [1.807, 2.05) is 49.1 Å². The minimum atomic E-state index is 0.566. The van der Waals surface area contributed by atoms with Gasteiger partial charge in [0.1, 0.15) is 0 Å². The Morgan fingerprint density at radius 3 is 2.69 bits per heavy atom. The number of pyridine rings is 2. The molecular formula is C27H32ClN7. The highest BCUT2D eigenvalue weighted by molar-refractivity contribution is 6.31. The van der Waals surface area contributed by atoms with Crippen LogP contribution in [0.2, 0.25) is 5.02 Å². The highest BCUT2D eigenvalue weighted by Gasteiger charge is 2.25. The average molecular weight is 490 g/mol. The SMILES string of the molecule is Clc1ccc2c(NCCCN3CCC(N(Cc4ccncc4)Cc4cnc[nH]4)CC3)ccnc2c1. The topological polar surface area (TPSA) is 73.0 Å². The van der Waals surface area contributed by atoms with Crippen molar-refractivity contribution in [1.29, 1.82) is 0 Å². The number of nitrogens with one attached hydrogen (secondary N) is 2. The van der Waals surface area contributed by atoms with Crippen molar-refractivity contribution >= 4 is 28.2 Å². The Hall–Kier alpha value is -3.00. The minimum Gasteiger partial charge on any atom is -0.384 e. The van der Waals surface area contributed by atoms with Crippen molar-refractivity contribution in [2.45, 2.75) is 38.4 Å². The van der Waals surface area contributed by atoms with E-state index in [2.05, 4.69) is 47.2 Å². The lowest BCUT2D eigenvalue weighted by Crippen LogP contribution is -2.44. The lowest BCUT2D eigenvalue weighted by Gasteiger charge is -2.38. The molecule has 1 saturated heterocycles. The van der Waals surface area contributed by atoms with Gasteiger partial charge >= 0.3 is 0 Å². The number of anilines is 1. The first-order chi connectivity index (χ1) is 17.2. The third-order valence-electron chi connectivity index (χ3n) is 6.81. The summed E-state index contributed by atoms with van der Waals surface area (Å²) in [5, 5.41) is 5.43. The minimum absolute atomic E-state index is 0.566. The van der Waals surface area contributed by atoms with E-state index in [0.29, 0.717) is 6.04 Å². The van der Waals surface area contributed by atoms with Crippen molar-refractivity contribution in [3.8, 4) is 0 Å². The second-order valence-electron chi connectivity index (χ2n) is 9.21. The molecule has 1 aliphatic heterocycles. The van der Waals surface area contributed by atoms with Crippen molar-refractivity contribution in [1.82, 2.24) is 29.7 Å². The van der Waals surface area contributed by atoms with Crippen LogP contribution in [0, 0.1) is 0 Å². The van der Waals surface area contributed by atoms with E-state index in [1.165, 1.54) is 24.1 Å². The van der Waals surface area contributed by atoms with Gasteiger partial charge in [0, 0.05) is 72.3 Å². The molecule has 7 nitrogen and oxygen atoms in total. The predicted molar refractivity (Wildman–Crippen MR) is 141 cm³/mol. The van der Waals surface area contributed by atoms with Gasteiger partial charge in [0.2, 0.25) is 0 Å². The maximum atomic E-state index is 6.11. The van der Waals surface area contributed by atoms with Crippen LogP contribution in [0.15, 0.2) is 67.5 Å². The van der Waals surface area contributed by atoms with Crippen LogP contribution < -0.4 is 5.32 Å². The molecular weight excluding hydrogens is 458 g/mol. The highest BCUT2D eigenvalue weighted by Crippen LogP contribution is 2.25. The Balaban J connectivity index is 1.10. The van der Waals surface area contributed by atoms with E-state index in [9.17, 15) is 0 Å². The Kier molecular flexibility index (Phi) is 7.88. The second kappa shape index (κ2) is 11.6. The van der Waals surface area contributed by atoms with E-state index in [0.717, 1.165) is 67.3 Å². The van der Waals surface area contributed by atoms with Crippen molar-refractivity contribution in [3.05, 3.63) is 83.8 Å². The number of rotatable bonds is 10. The molecule has 3 aromatic heterocycles. The third kappa shape index (κ3) is 6.36. The maximum Gasteiger partial charge on any atom is 0.0922 e. The number of piperidine rings is 1. The molecule has 0 bridgehead atoms. The highest BCUT2D eigenvalue weighted by atomic mass is 35.5. The Morgan fingerprint density at radius 1 is 1.03 bits per heavy atom. The molecule has 0 amide bonds. The van der Waals surface area contributed by atoms with Gasteiger partial charge in [-0.05, 0) is 80.9 Å². The summed E-state index contributed by atoms with van der Waals surface area (Å²) in [6.07, 6.45) is 12.8. The lowest BCUT2D eigenvalue weighted by molar-refractivity contribution is 0.0955. The summed E-state index contributed by atoms with van der Waals surface area (Å²) in [5.41, 5.74) is 4.52. The van der Waals surface area contributed by atoms with E-state index in [4.69, 9.17) is 11.6 Å². The number of aromatic nitrogens is 4. The molecule has 5 rings (SSSR count). The van der Waals surface area contributed by atoms with E-state index < -0.39 is 0 Å². The van der Waals surface area contributed by atoms with Gasteiger partial charge in [0.25, 0.3) is 0 Å². The van der Waals surface area contributed by atoms with Crippen LogP contribution in [0.25, 0.3) is 10.9 Å². The zero-order valence-corrected chi connectivity index (χ0v) is 20.7. The molecule has 35 heavy (non-hydrogen) atoms. The van der Waals surface area contributed by atoms with E-state index in [1.54, 1.807) is 6.33 Å². The number of likely N-dealkylation sites (tertiary alicyclic amines) is 1. The normalized spacial score (nSPS) is 15.1. The molecule has 0 saturated carbocycles. The number of hydrogen-bond donors (Lipinski definition) is 2. The third-order valence-corrected chi connectivity index (χ3v) is 7.04. The van der Waals surface area contributed by atoms with Gasteiger partial charge in [0.15, 0.2) is 0 Å². The summed E-state index contributed by atoms with van der Waals surface area (Å²) < 4.78 is 0. The molecule has 0 aliphatic carbocycles. The summed E-state index contributed by atoms with van der Waals surface area (Å²) in [5.74, 6) is 0.